The van der Waals surface area contributed by atoms with Gasteiger partial charge in [0, 0.05) is 13.1 Å². The van der Waals surface area contributed by atoms with Crippen LogP contribution < -0.4 is 10.6 Å². The molecule has 3 N–H and O–H groups in total. The SMILES string of the molecule is CCCCCNC(=O)C1N([C@@H](CC)CO)C(=O)[C@@H]2[C@@H](C(=O)NCCC)[C@@]3(C)CCC12O3. The molecule has 8 nitrogen and oxygen atoms in total. The van der Waals surface area contributed by atoms with Crippen LogP contribution in [-0.2, 0) is 19.1 Å². The van der Waals surface area contributed by atoms with Crippen LogP contribution in [0.3, 0.4) is 0 Å². The molecule has 3 saturated heterocycles. The molecule has 3 fully saturated rings. The predicted molar refractivity (Wildman–Crippen MR) is 116 cm³/mol. The van der Waals surface area contributed by atoms with Gasteiger partial charge in [0.05, 0.1) is 30.1 Å². The van der Waals surface area contributed by atoms with Crippen molar-refractivity contribution < 1.29 is 24.2 Å². The largest absolute Gasteiger partial charge is 0.394 e. The van der Waals surface area contributed by atoms with E-state index in [0.29, 0.717) is 32.4 Å². The first-order valence-corrected chi connectivity index (χ1v) is 12.0. The molecule has 0 saturated carbocycles. The Bertz CT molecular complexity index is 697. The summed E-state index contributed by atoms with van der Waals surface area (Å²) in [6.07, 6.45) is 5.45. The highest BCUT2D eigenvalue weighted by molar-refractivity contribution is 5.99. The third kappa shape index (κ3) is 3.86. The lowest BCUT2D eigenvalue weighted by atomic mass is 9.66. The maximum atomic E-state index is 13.7. The first-order valence-electron chi connectivity index (χ1n) is 12.0. The second kappa shape index (κ2) is 9.45. The number of nitrogens with one attached hydrogen (secondary N) is 2. The van der Waals surface area contributed by atoms with Crippen LogP contribution in [0.15, 0.2) is 0 Å². The van der Waals surface area contributed by atoms with E-state index in [1.54, 1.807) is 0 Å². The number of likely N-dealkylation sites (tertiary alicyclic amines) is 1. The topological polar surface area (TPSA) is 108 Å². The van der Waals surface area contributed by atoms with E-state index in [1.807, 2.05) is 20.8 Å². The van der Waals surface area contributed by atoms with Gasteiger partial charge in [0.15, 0.2) is 0 Å². The summed E-state index contributed by atoms with van der Waals surface area (Å²) in [5.74, 6) is -1.98. The Labute approximate surface area is 185 Å². The van der Waals surface area contributed by atoms with Gasteiger partial charge in [0.2, 0.25) is 17.7 Å². The molecule has 31 heavy (non-hydrogen) atoms. The van der Waals surface area contributed by atoms with Gasteiger partial charge in [-0.2, -0.15) is 0 Å². The van der Waals surface area contributed by atoms with Crippen molar-refractivity contribution in [2.75, 3.05) is 19.7 Å². The fraction of sp³-hybridized carbons (Fsp3) is 0.870. The van der Waals surface area contributed by atoms with Crippen LogP contribution in [0, 0.1) is 11.8 Å². The zero-order valence-corrected chi connectivity index (χ0v) is 19.4. The average Bonchev–Trinajstić information content (AvgIpc) is 3.32. The van der Waals surface area contributed by atoms with Crippen LogP contribution in [0.1, 0.15) is 72.6 Å². The van der Waals surface area contributed by atoms with Crippen molar-refractivity contribution in [2.45, 2.75) is 95.9 Å². The minimum Gasteiger partial charge on any atom is -0.394 e. The smallest absolute Gasteiger partial charge is 0.245 e. The Kier molecular flexibility index (Phi) is 7.31. The number of aliphatic hydroxyl groups is 1. The van der Waals surface area contributed by atoms with E-state index >= 15 is 0 Å². The van der Waals surface area contributed by atoms with Crippen molar-refractivity contribution in [3.8, 4) is 0 Å². The normalized spacial score (nSPS) is 34.7. The van der Waals surface area contributed by atoms with Gasteiger partial charge < -0.3 is 25.4 Å². The lowest BCUT2D eigenvalue weighted by Crippen LogP contribution is -2.58. The summed E-state index contributed by atoms with van der Waals surface area (Å²) in [7, 11) is 0. The molecule has 6 atom stereocenters. The van der Waals surface area contributed by atoms with Crippen LogP contribution >= 0.6 is 0 Å². The van der Waals surface area contributed by atoms with Crippen LogP contribution in [0.25, 0.3) is 0 Å². The van der Waals surface area contributed by atoms with Crippen LogP contribution in [-0.4, -0.2) is 70.7 Å². The van der Waals surface area contributed by atoms with E-state index in [-0.39, 0.29) is 24.3 Å². The van der Waals surface area contributed by atoms with Crippen molar-refractivity contribution in [2.24, 2.45) is 11.8 Å². The standard InChI is InChI=1S/C23H39N3O5/c1-5-8-9-13-25-20(29)18-23-11-10-22(4,31-23)16(19(28)24-12-6-2)17(23)21(30)26(18)15(7-3)14-27/h15-18,27H,5-14H2,1-4H3,(H,24,28)(H,25,29)/t15-,16-,17-,18?,22+,23?/m0/s1. The Morgan fingerprint density at radius 1 is 1.13 bits per heavy atom. The summed E-state index contributed by atoms with van der Waals surface area (Å²) >= 11 is 0. The number of unbranched alkanes of at least 4 members (excludes halogenated alkanes) is 2. The minimum atomic E-state index is -1.02. The van der Waals surface area contributed by atoms with E-state index in [9.17, 15) is 19.5 Å². The number of hydrogen-bond donors (Lipinski definition) is 3. The zero-order valence-electron chi connectivity index (χ0n) is 19.4. The molecule has 0 aliphatic carbocycles. The molecule has 1 spiro atoms. The monoisotopic (exact) mass is 437 g/mol. The fourth-order valence-electron chi connectivity index (χ4n) is 5.91. The fourth-order valence-corrected chi connectivity index (χ4v) is 5.91. The lowest BCUT2D eigenvalue weighted by molar-refractivity contribution is -0.149. The Balaban J connectivity index is 1.96. The summed E-state index contributed by atoms with van der Waals surface area (Å²) in [5, 5.41) is 15.9. The molecule has 3 aliphatic rings. The van der Waals surface area contributed by atoms with E-state index in [2.05, 4.69) is 17.6 Å². The highest BCUT2D eigenvalue weighted by atomic mass is 16.5. The van der Waals surface area contributed by atoms with Crippen LogP contribution in [0.2, 0.25) is 0 Å². The minimum absolute atomic E-state index is 0.176. The molecule has 0 aromatic heterocycles. The molecule has 3 heterocycles. The number of fused-ring (bicyclic) bond motifs is 1. The summed E-state index contributed by atoms with van der Waals surface area (Å²) in [4.78, 5) is 41.8. The number of carbonyl (C=O) groups is 3. The quantitative estimate of drug-likeness (QED) is 0.423. The molecular formula is C23H39N3O5. The third-order valence-corrected chi connectivity index (χ3v) is 7.45. The van der Waals surface area contributed by atoms with Gasteiger partial charge in [-0.15, -0.1) is 0 Å². The highest BCUT2D eigenvalue weighted by Gasteiger charge is 2.78. The van der Waals surface area contributed by atoms with Crippen molar-refractivity contribution in [1.29, 1.82) is 0 Å². The molecule has 3 rings (SSSR count). The van der Waals surface area contributed by atoms with E-state index in [4.69, 9.17) is 4.74 Å². The van der Waals surface area contributed by atoms with E-state index in [0.717, 1.165) is 25.7 Å². The summed E-state index contributed by atoms with van der Waals surface area (Å²) in [6.45, 7) is 8.72. The number of rotatable bonds is 11. The van der Waals surface area contributed by atoms with Crippen LogP contribution in [0.4, 0.5) is 0 Å². The number of aliphatic hydroxyl groups excluding tert-OH is 1. The molecule has 3 aliphatic heterocycles. The zero-order chi connectivity index (χ0) is 22.8. The second-order valence-electron chi connectivity index (χ2n) is 9.51. The van der Waals surface area contributed by atoms with Crippen LogP contribution in [0.5, 0.6) is 0 Å². The van der Waals surface area contributed by atoms with E-state index in [1.165, 1.54) is 4.90 Å². The van der Waals surface area contributed by atoms with Gasteiger partial charge in [-0.3, -0.25) is 14.4 Å². The molecule has 8 heteroatoms. The maximum Gasteiger partial charge on any atom is 0.245 e. The van der Waals surface area contributed by atoms with Gasteiger partial charge in [-0.1, -0.05) is 33.6 Å². The van der Waals surface area contributed by atoms with Crippen molar-refractivity contribution in [3.63, 3.8) is 0 Å². The van der Waals surface area contributed by atoms with Crippen molar-refractivity contribution >= 4 is 17.7 Å². The Morgan fingerprint density at radius 3 is 2.45 bits per heavy atom. The van der Waals surface area contributed by atoms with Crippen molar-refractivity contribution in [1.82, 2.24) is 15.5 Å². The molecular weight excluding hydrogens is 398 g/mol. The molecule has 3 amide bonds. The molecule has 0 aromatic rings. The van der Waals surface area contributed by atoms with Gasteiger partial charge in [-0.25, -0.2) is 0 Å². The summed E-state index contributed by atoms with van der Waals surface area (Å²) in [6, 6.07) is -1.30. The van der Waals surface area contributed by atoms with Gasteiger partial charge in [0.25, 0.3) is 0 Å². The summed E-state index contributed by atoms with van der Waals surface area (Å²) < 4.78 is 6.52. The van der Waals surface area contributed by atoms with Gasteiger partial charge in [0.1, 0.15) is 11.6 Å². The lowest BCUT2D eigenvalue weighted by Gasteiger charge is -2.36. The van der Waals surface area contributed by atoms with Gasteiger partial charge >= 0.3 is 0 Å². The van der Waals surface area contributed by atoms with Crippen molar-refractivity contribution in [3.05, 3.63) is 0 Å². The van der Waals surface area contributed by atoms with E-state index < -0.39 is 35.1 Å². The number of nitrogens with zero attached hydrogens (tertiary/aromatic N) is 1. The first kappa shape index (κ1) is 24.0. The molecule has 2 bridgehead atoms. The second-order valence-corrected chi connectivity index (χ2v) is 9.51. The third-order valence-electron chi connectivity index (χ3n) is 7.45. The average molecular weight is 438 g/mol. The number of ether oxygens (including phenoxy) is 1. The molecule has 0 aromatic carbocycles. The maximum absolute atomic E-state index is 13.7. The summed E-state index contributed by atoms with van der Waals surface area (Å²) in [5.41, 5.74) is -1.77. The Morgan fingerprint density at radius 2 is 1.84 bits per heavy atom. The first-order chi connectivity index (χ1) is 14.8. The predicted octanol–water partition coefficient (Wildman–Crippen LogP) is 1.35. The molecule has 176 valence electrons. The number of amides is 3. The highest BCUT2D eigenvalue weighted by Crippen LogP contribution is 2.63. The number of hydrogen-bond acceptors (Lipinski definition) is 5. The Hall–Kier alpha value is -1.67. The molecule has 0 radical (unpaired) electrons. The molecule has 2 unspecified atom stereocenters. The van der Waals surface area contributed by atoms with Gasteiger partial charge in [-0.05, 0) is 39.0 Å². The number of carbonyl (C=O) groups excluding carboxylic acids is 3.